The fourth-order valence-corrected chi connectivity index (χ4v) is 7.68. The lowest BCUT2D eigenvalue weighted by Gasteiger charge is -2.22. The number of fused-ring (bicyclic) bond motifs is 2. The molecule has 3 rings (SSSR count). The molecule has 110 valence electrons. The van der Waals surface area contributed by atoms with Crippen molar-refractivity contribution < 1.29 is 18.3 Å². The van der Waals surface area contributed by atoms with E-state index >= 15 is 0 Å². The Labute approximate surface area is 129 Å². The number of sulfonamides is 1. The van der Waals surface area contributed by atoms with E-state index in [0.29, 0.717) is 17.7 Å². The third kappa shape index (κ3) is 2.04. The van der Waals surface area contributed by atoms with E-state index in [1.807, 2.05) is 0 Å². The van der Waals surface area contributed by atoms with Crippen LogP contribution in [0.3, 0.4) is 0 Å². The van der Waals surface area contributed by atoms with Crippen LogP contribution in [0.25, 0.3) is 0 Å². The highest BCUT2D eigenvalue weighted by atomic mass is 79.9. The molecule has 0 radical (unpaired) electrons. The number of carboxylic acids is 1. The van der Waals surface area contributed by atoms with Crippen LogP contribution >= 0.6 is 27.3 Å². The van der Waals surface area contributed by atoms with E-state index in [1.165, 1.54) is 15.6 Å². The van der Waals surface area contributed by atoms with E-state index in [4.69, 9.17) is 0 Å². The molecule has 0 amide bonds. The first-order valence-corrected chi connectivity index (χ1v) is 9.39. The van der Waals surface area contributed by atoms with E-state index in [9.17, 15) is 18.3 Å². The van der Waals surface area contributed by atoms with Gasteiger partial charge in [-0.1, -0.05) is 0 Å². The lowest BCUT2D eigenvalue weighted by molar-refractivity contribution is -0.142. The Morgan fingerprint density at radius 2 is 2.20 bits per heavy atom. The van der Waals surface area contributed by atoms with Crippen molar-refractivity contribution in [1.29, 1.82) is 0 Å². The minimum atomic E-state index is -3.60. The van der Waals surface area contributed by atoms with Crippen molar-refractivity contribution in [1.82, 2.24) is 4.31 Å². The number of aliphatic carboxylic acids is 1. The Balaban J connectivity index is 2.01. The molecule has 3 unspecified atom stereocenters. The van der Waals surface area contributed by atoms with Gasteiger partial charge in [-0.05, 0) is 48.2 Å². The Kier molecular flexibility index (Phi) is 3.47. The molecule has 3 heterocycles. The Morgan fingerprint density at radius 3 is 2.70 bits per heavy atom. The number of aryl methyl sites for hydroxylation is 1. The van der Waals surface area contributed by atoms with E-state index in [1.54, 1.807) is 13.0 Å². The number of thiophene rings is 1. The van der Waals surface area contributed by atoms with Gasteiger partial charge in [0, 0.05) is 17.0 Å². The molecule has 0 spiro atoms. The summed E-state index contributed by atoms with van der Waals surface area (Å²) in [7, 11) is -3.60. The average molecular weight is 380 g/mol. The molecule has 3 atom stereocenters. The number of hydrogen-bond acceptors (Lipinski definition) is 4. The first-order chi connectivity index (χ1) is 9.32. The molecule has 2 fully saturated rings. The van der Waals surface area contributed by atoms with Gasteiger partial charge in [-0.2, -0.15) is 4.31 Å². The number of carbonyl (C=O) groups is 1. The van der Waals surface area contributed by atoms with Crippen LogP contribution in [-0.4, -0.2) is 35.9 Å². The van der Waals surface area contributed by atoms with E-state index in [0.717, 1.165) is 15.1 Å². The van der Waals surface area contributed by atoms with Crippen molar-refractivity contribution in [2.75, 3.05) is 0 Å². The molecule has 1 N–H and O–H groups in total. The normalized spacial score (nSPS) is 30.0. The molecule has 5 nitrogen and oxygen atoms in total. The fraction of sp³-hybridized carbons (Fsp3) is 0.583. The molecule has 2 aliphatic rings. The third-order valence-electron chi connectivity index (χ3n) is 4.19. The smallest absolute Gasteiger partial charge is 0.308 e. The second-order valence-corrected chi connectivity index (χ2v) is 9.73. The van der Waals surface area contributed by atoms with E-state index in [2.05, 4.69) is 15.9 Å². The quantitative estimate of drug-likeness (QED) is 0.874. The van der Waals surface area contributed by atoms with Gasteiger partial charge >= 0.3 is 5.97 Å². The van der Waals surface area contributed by atoms with Crippen molar-refractivity contribution in [3.63, 3.8) is 0 Å². The van der Waals surface area contributed by atoms with E-state index < -0.39 is 21.9 Å². The minimum Gasteiger partial charge on any atom is -0.481 e. The van der Waals surface area contributed by atoms with Gasteiger partial charge in [-0.15, -0.1) is 11.3 Å². The highest BCUT2D eigenvalue weighted by Crippen LogP contribution is 2.46. The summed E-state index contributed by atoms with van der Waals surface area (Å²) in [6, 6.07) is 1.06. The average Bonchev–Trinajstić information content (AvgIpc) is 3.01. The van der Waals surface area contributed by atoms with Crippen LogP contribution in [-0.2, 0) is 14.8 Å². The maximum atomic E-state index is 12.8. The molecule has 2 saturated heterocycles. The third-order valence-corrected chi connectivity index (χ3v) is 7.97. The predicted octanol–water partition coefficient (Wildman–Crippen LogP) is 2.45. The number of carboxylic acid groups (broad SMARTS) is 1. The molecule has 0 saturated carbocycles. The van der Waals surface area contributed by atoms with Crippen LogP contribution in [0, 0.1) is 12.8 Å². The maximum Gasteiger partial charge on any atom is 0.308 e. The fourth-order valence-electron chi connectivity index (χ4n) is 3.38. The molecule has 2 aliphatic heterocycles. The first kappa shape index (κ1) is 14.5. The highest BCUT2D eigenvalue weighted by molar-refractivity contribution is 9.11. The number of halogens is 1. The molecule has 0 aromatic carbocycles. The summed E-state index contributed by atoms with van der Waals surface area (Å²) in [5.74, 6) is -1.45. The highest BCUT2D eigenvalue weighted by Gasteiger charge is 2.54. The summed E-state index contributed by atoms with van der Waals surface area (Å²) >= 11 is 4.69. The summed E-state index contributed by atoms with van der Waals surface area (Å²) in [6.45, 7) is 1.77. The zero-order chi connectivity index (χ0) is 14.7. The van der Waals surface area contributed by atoms with Crippen molar-refractivity contribution in [2.45, 2.75) is 43.2 Å². The van der Waals surface area contributed by atoms with Crippen molar-refractivity contribution in [3.8, 4) is 0 Å². The lowest BCUT2D eigenvalue weighted by Crippen LogP contribution is -2.37. The first-order valence-electron chi connectivity index (χ1n) is 6.34. The van der Waals surface area contributed by atoms with E-state index in [-0.39, 0.29) is 12.1 Å². The number of hydrogen-bond donors (Lipinski definition) is 1. The lowest BCUT2D eigenvalue weighted by atomic mass is 9.89. The predicted molar refractivity (Wildman–Crippen MR) is 78.3 cm³/mol. The Morgan fingerprint density at radius 1 is 1.50 bits per heavy atom. The van der Waals surface area contributed by atoms with Gasteiger partial charge in [0.15, 0.2) is 0 Å². The van der Waals surface area contributed by atoms with Gasteiger partial charge < -0.3 is 5.11 Å². The topological polar surface area (TPSA) is 74.7 Å². The van der Waals surface area contributed by atoms with Crippen LogP contribution in [0.2, 0.25) is 0 Å². The summed E-state index contributed by atoms with van der Waals surface area (Å²) in [6.07, 6.45) is 1.84. The zero-order valence-corrected chi connectivity index (χ0v) is 14.0. The standard InChI is InChI=1S/C12H14BrNO4S2/c1-6-10(5-11(13)19-6)20(17,18)14-7-2-3-9(14)8(4-7)12(15)16/h5,7-9H,2-4H2,1H3,(H,15,16). The van der Waals surface area contributed by atoms with Crippen LogP contribution < -0.4 is 0 Å². The summed E-state index contributed by atoms with van der Waals surface area (Å²) in [5, 5.41) is 9.22. The second kappa shape index (κ2) is 4.79. The second-order valence-electron chi connectivity index (χ2n) is 5.28. The summed E-state index contributed by atoms with van der Waals surface area (Å²) in [5.41, 5.74) is 0. The number of rotatable bonds is 3. The van der Waals surface area contributed by atoms with Gasteiger partial charge in [-0.25, -0.2) is 8.42 Å². The zero-order valence-electron chi connectivity index (χ0n) is 10.7. The van der Waals surface area contributed by atoms with Crippen molar-refractivity contribution in [2.24, 2.45) is 5.92 Å². The maximum absolute atomic E-state index is 12.8. The summed E-state index contributed by atoms with van der Waals surface area (Å²) in [4.78, 5) is 12.3. The van der Waals surface area contributed by atoms with Gasteiger partial charge in [-0.3, -0.25) is 4.79 Å². The molecule has 1 aromatic rings. The Hall–Kier alpha value is -0.440. The SMILES string of the molecule is Cc1sc(Br)cc1S(=O)(=O)N1C2CCC1C(C(=O)O)C2. The van der Waals surface area contributed by atoms with Gasteiger partial charge in [0.25, 0.3) is 0 Å². The van der Waals surface area contributed by atoms with Gasteiger partial charge in [0.05, 0.1) is 14.6 Å². The summed E-state index contributed by atoms with van der Waals surface area (Å²) < 4.78 is 27.9. The number of nitrogens with zero attached hydrogens (tertiary/aromatic N) is 1. The van der Waals surface area contributed by atoms with Gasteiger partial charge in [0.2, 0.25) is 10.0 Å². The molecule has 1 aromatic heterocycles. The van der Waals surface area contributed by atoms with Crippen LogP contribution in [0.5, 0.6) is 0 Å². The van der Waals surface area contributed by atoms with Crippen LogP contribution in [0.15, 0.2) is 14.7 Å². The van der Waals surface area contributed by atoms with Crippen molar-refractivity contribution >= 4 is 43.3 Å². The van der Waals surface area contributed by atoms with Gasteiger partial charge in [0.1, 0.15) is 0 Å². The molecule has 8 heteroatoms. The Bertz CT molecular complexity index is 669. The molecule has 2 bridgehead atoms. The molecule has 0 aliphatic carbocycles. The van der Waals surface area contributed by atoms with Crippen molar-refractivity contribution in [3.05, 3.63) is 14.7 Å². The van der Waals surface area contributed by atoms with Crippen LogP contribution in [0.1, 0.15) is 24.1 Å². The molecular weight excluding hydrogens is 366 g/mol. The monoisotopic (exact) mass is 379 g/mol. The largest absolute Gasteiger partial charge is 0.481 e. The minimum absolute atomic E-state index is 0.163. The molecule has 20 heavy (non-hydrogen) atoms. The van der Waals surface area contributed by atoms with Crippen LogP contribution in [0.4, 0.5) is 0 Å². The molecular formula is C12H14BrNO4S2.